The third kappa shape index (κ3) is 3.06. The Labute approximate surface area is 239 Å². The number of hydrogen-bond donors (Lipinski definition) is 0. The third-order valence-corrected chi connectivity index (χ3v) is 15.1. The van der Waals surface area contributed by atoms with E-state index in [1.54, 1.807) is 22.3 Å². The van der Waals surface area contributed by atoms with E-state index in [0.717, 1.165) is 0 Å². The van der Waals surface area contributed by atoms with Crippen LogP contribution in [0.15, 0.2) is 101 Å². The second kappa shape index (κ2) is 7.81. The van der Waals surface area contributed by atoms with Crippen molar-refractivity contribution in [1.82, 2.24) is 0 Å². The van der Waals surface area contributed by atoms with Gasteiger partial charge in [-0.05, 0) is 93.7 Å². The lowest BCUT2D eigenvalue weighted by molar-refractivity contribution is 0.554. The monoisotopic (exact) mass is 560 g/mol. The van der Waals surface area contributed by atoms with Crippen LogP contribution in [0.1, 0.15) is 71.6 Å². The summed E-state index contributed by atoms with van der Waals surface area (Å²) >= 11 is 7.94. The molecule has 12 rings (SSSR count). The molecule has 4 heteroatoms. The fraction of sp³-hybridized carbons (Fsp3) is 0.235. The summed E-state index contributed by atoms with van der Waals surface area (Å²) in [7, 11) is 0. The molecule has 4 aromatic rings. The minimum absolute atomic E-state index is 0.629. The molecule has 0 nitrogen and oxygen atoms in total. The van der Waals surface area contributed by atoms with Crippen molar-refractivity contribution in [2.45, 2.75) is 68.9 Å². The summed E-state index contributed by atoms with van der Waals surface area (Å²) in [4.78, 5) is 5.72. The number of rotatable bonds is 0. The molecule has 4 bridgehead atoms. The van der Waals surface area contributed by atoms with Crippen LogP contribution in [0.5, 0.6) is 0 Å². The summed E-state index contributed by atoms with van der Waals surface area (Å²) in [5.41, 5.74) is 6.33. The molecule has 4 unspecified atom stereocenters. The maximum absolute atomic E-state index is 2.50. The van der Waals surface area contributed by atoms with Crippen molar-refractivity contribution in [3.8, 4) is 0 Å². The van der Waals surface area contributed by atoms with Crippen LogP contribution in [-0.4, -0.2) is 0 Å². The SMILES string of the molecule is C1=CC2CCC1c1cc3cc4c(cc3cc12)SC(=C1Sc2cc3cc5c(cc3cc2S1)C1C=CC5CC1)S4. The highest BCUT2D eigenvalue weighted by Gasteiger charge is 2.32. The van der Waals surface area contributed by atoms with Gasteiger partial charge in [-0.2, -0.15) is 0 Å². The van der Waals surface area contributed by atoms with Crippen LogP contribution in [-0.2, 0) is 0 Å². The van der Waals surface area contributed by atoms with E-state index in [1.165, 1.54) is 75.3 Å². The van der Waals surface area contributed by atoms with E-state index in [0.29, 0.717) is 23.7 Å². The highest BCUT2D eigenvalue weighted by molar-refractivity contribution is 8.30. The van der Waals surface area contributed by atoms with E-state index < -0.39 is 0 Å². The fourth-order valence-electron chi connectivity index (χ4n) is 7.57. The molecule has 0 spiro atoms. The molecule has 38 heavy (non-hydrogen) atoms. The van der Waals surface area contributed by atoms with E-state index in [2.05, 4.69) is 72.8 Å². The Kier molecular flexibility index (Phi) is 4.48. The first-order chi connectivity index (χ1) is 18.7. The molecule has 0 radical (unpaired) electrons. The Morgan fingerprint density at radius 2 is 0.632 bits per heavy atom. The van der Waals surface area contributed by atoms with Crippen LogP contribution in [0.25, 0.3) is 21.5 Å². The molecule has 184 valence electrons. The smallest absolute Gasteiger partial charge is 0.0706 e. The third-order valence-electron chi connectivity index (χ3n) is 9.51. The molecule has 0 N–H and O–H groups in total. The molecule has 4 aromatic carbocycles. The standard InChI is InChI=1S/C34H24S4/c1-2-18-4-3-17(1)25-9-21-13-29-30(14-22(21)10-26(18)25)36-33(35-29)34-37-31-15-23-11-27-19-5-6-20(8-7-19)28(27)12-24(23)16-32(31)38-34/h1-2,5-6,9-20H,3-4,7-8H2. The lowest BCUT2D eigenvalue weighted by Crippen LogP contribution is -2.16. The van der Waals surface area contributed by atoms with Crippen LogP contribution in [0.3, 0.4) is 0 Å². The predicted molar refractivity (Wildman–Crippen MR) is 166 cm³/mol. The van der Waals surface area contributed by atoms with Crippen molar-refractivity contribution >= 4 is 68.6 Å². The second-order valence-electron chi connectivity index (χ2n) is 11.6. The number of allylic oxidation sites excluding steroid dienone is 4. The minimum atomic E-state index is 0.629. The number of benzene rings is 4. The predicted octanol–water partition coefficient (Wildman–Crippen LogP) is 11.3. The van der Waals surface area contributed by atoms with E-state index in [1.807, 2.05) is 47.0 Å². The maximum Gasteiger partial charge on any atom is 0.0706 e. The van der Waals surface area contributed by atoms with Crippen LogP contribution in [0.4, 0.5) is 0 Å². The van der Waals surface area contributed by atoms with Gasteiger partial charge in [0.05, 0.1) is 8.47 Å². The Bertz CT molecular complexity index is 1590. The van der Waals surface area contributed by atoms with Crippen molar-refractivity contribution in [1.29, 1.82) is 0 Å². The van der Waals surface area contributed by atoms with Gasteiger partial charge in [-0.1, -0.05) is 95.6 Å². The van der Waals surface area contributed by atoms with Gasteiger partial charge < -0.3 is 0 Å². The van der Waals surface area contributed by atoms with Crippen LogP contribution in [0, 0.1) is 0 Å². The Morgan fingerprint density at radius 1 is 0.368 bits per heavy atom. The van der Waals surface area contributed by atoms with Crippen LogP contribution < -0.4 is 0 Å². The van der Waals surface area contributed by atoms with E-state index in [-0.39, 0.29) is 0 Å². The van der Waals surface area contributed by atoms with Gasteiger partial charge >= 0.3 is 0 Å². The number of thioether (sulfide) groups is 4. The lowest BCUT2D eigenvalue weighted by atomic mass is 9.71. The highest BCUT2D eigenvalue weighted by Crippen LogP contribution is 2.62. The fourth-order valence-corrected chi connectivity index (χ4v) is 13.0. The van der Waals surface area contributed by atoms with Gasteiger partial charge in [-0.25, -0.2) is 0 Å². The largest absolute Gasteiger partial charge is 0.0804 e. The summed E-state index contributed by atoms with van der Waals surface area (Å²) in [5.74, 6) is 2.52. The number of fused-ring (bicyclic) bond motifs is 6. The average molecular weight is 561 g/mol. The van der Waals surface area contributed by atoms with E-state index >= 15 is 0 Å². The molecule has 2 aliphatic heterocycles. The molecule has 0 aromatic heterocycles. The molecule has 0 amide bonds. The molecule has 8 aliphatic rings. The Morgan fingerprint density at radius 3 is 0.868 bits per heavy atom. The van der Waals surface area contributed by atoms with Gasteiger partial charge in [-0.15, -0.1) is 0 Å². The zero-order valence-electron chi connectivity index (χ0n) is 20.7. The minimum Gasteiger partial charge on any atom is -0.0804 e. The van der Waals surface area contributed by atoms with Gasteiger partial charge in [0.15, 0.2) is 0 Å². The summed E-state index contributed by atoms with van der Waals surface area (Å²) < 4.78 is 2.91. The Balaban J connectivity index is 1.01. The quantitative estimate of drug-likeness (QED) is 0.196. The van der Waals surface area contributed by atoms with Crippen LogP contribution >= 0.6 is 47.0 Å². The van der Waals surface area contributed by atoms with Gasteiger partial charge in [0.25, 0.3) is 0 Å². The Hall–Kier alpha value is -1.98. The molecule has 4 atom stereocenters. The van der Waals surface area contributed by atoms with E-state index in [4.69, 9.17) is 0 Å². The molecule has 2 heterocycles. The van der Waals surface area contributed by atoms with E-state index in [9.17, 15) is 0 Å². The van der Waals surface area contributed by atoms with Gasteiger partial charge in [0.1, 0.15) is 0 Å². The van der Waals surface area contributed by atoms with Crippen molar-refractivity contribution in [3.63, 3.8) is 0 Å². The van der Waals surface area contributed by atoms with Crippen molar-refractivity contribution < 1.29 is 0 Å². The van der Waals surface area contributed by atoms with Crippen molar-refractivity contribution in [2.75, 3.05) is 0 Å². The number of hydrogen-bond acceptors (Lipinski definition) is 4. The van der Waals surface area contributed by atoms with Gasteiger partial charge in [0, 0.05) is 43.3 Å². The first kappa shape index (κ1) is 21.8. The molecule has 0 fully saturated rings. The topological polar surface area (TPSA) is 0 Å². The maximum atomic E-state index is 2.50. The zero-order chi connectivity index (χ0) is 24.5. The highest BCUT2D eigenvalue weighted by atomic mass is 32.2. The average Bonchev–Trinajstić information content (AvgIpc) is 3.57. The lowest BCUT2D eigenvalue weighted by Gasteiger charge is -2.33. The van der Waals surface area contributed by atoms with Crippen molar-refractivity contribution in [3.05, 3.63) is 104 Å². The van der Waals surface area contributed by atoms with Crippen LogP contribution in [0.2, 0.25) is 0 Å². The molecule has 0 saturated heterocycles. The summed E-state index contributed by atoms with van der Waals surface area (Å²) in [6.07, 6.45) is 15.1. The normalized spacial score (nSPS) is 27.4. The zero-order valence-corrected chi connectivity index (χ0v) is 24.0. The molecule has 6 aliphatic carbocycles. The molecular formula is C34H24S4. The summed E-state index contributed by atoms with van der Waals surface area (Å²) in [6, 6.07) is 19.8. The van der Waals surface area contributed by atoms with Gasteiger partial charge in [0.2, 0.25) is 0 Å². The summed E-state index contributed by atoms with van der Waals surface area (Å²) in [6.45, 7) is 0. The molecular weight excluding hydrogens is 537 g/mol. The second-order valence-corrected chi connectivity index (χ2v) is 16.3. The summed E-state index contributed by atoms with van der Waals surface area (Å²) in [5, 5.41) is 5.65. The first-order valence-electron chi connectivity index (χ1n) is 13.8. The van der Waals surface area contributed by atoms with Gasteiger partial charge in [-0.3, -0.25) is 0 Å². The van der Waals surface area contributed by atoms with Crippen molar-refractivity contribution in [2.24, 2.45) is 0 Å². The first-order valence-corrected chi connectivity index (χ1v) is 17.1. The molecule has 0 saturated carbocycles.